The monoisotopic (exact) mass is 323 g/mol. The molecular formula is C21H41NO. The lowest BCUT2D eigenvalue weighted by Crippen LogP contribution is -2.23. The maximum atomic E-state index is 11.3. The molecule has 0 aliphatic rings. The van der Waals surface area contributed by atoms with E-state index in [0.717, 1.165) is 25.7 Å². The van der Waals surface area contributed by atoms with Crippen molar-refractivity contribution in [3.63, 3.8) is 0 Å². The maximum Gasteiger partial charge on any atom is 0.220 e. The first-order valence-corrected chi connectivity index (χ1v) is 10.2. The van der Waals surface area contributed by atoms with Crippen molar-refractivity contribution in [3.05, 3.63) is 12.2 Å². The van der Waals surface area contributed by atoms with Crippen LogP contribution in [-0.2, 0) is 4.79 Å². The summed E-state index contributed by atoms with van der Waals surface area (Å²) in [6.45, 7) is 4.39. The molecule has 0 rings (SSSR count). The molecule has 1 unspecified atom stereocenters. The van der Waals surface area contributed by atoms with E-state index in [-0.39, 0.29) is 11.8 Å². The molecule has 0 aromatic rings. The van der Waals surface area contributed by atoms with Crippen LogP contribution in [0.1, 0.15) is 110 Å². The summed E-state index contributed by atoms with van der Waals surface area (Å²) in [5.41, 5.74) is 5.43. The lowest BCUT2D eigenvalue weighted by atomic mass is 9.95. The number of carbonyl (C=O) groups excluding carboxylic acids is 1. The zero-order valence-corrected chi connectivity index (χ0v) is 15.8. The van der Waals surface area contributed by atoms with Crippen LogP contribution in [0.2, 0.25) is 0 Å². The largest absolute Gasteiger partial charge is 0.369 e. The van der Waals surface area contributed by atoms with Crippen LogP contribution in [-0.4, -0.2) is 5.91 Å². The molecule has 2 N–H and O–H groups in total. The normalized spacial score (nSPS) is 12.8. The van der Waals surface area contributed by atoms with E-state index in [4.69, 9.17) is 5.73 Å². The highest BCUT2D eigenvalue weighted by molar-refractivity contribution is 5.76. The maximum absolute atomic E-state index is 11.3. The Morgan fingerprint density at radius 3 is 1.78 bits per heavy atom. The Morgan fingerprint density at radius 1 is 0.739 bits per heavy atom. The molecule has 0 aromatic heterocycles. The van der Waals surface area contributed by atoms with Gasteiger partial charge in [0.05, 0.1) is 0 Å². The van der Waals surface area contributed by atoms with Gasteiger partial charge in [-0.25, -0.2) is 0 Å². The molecular weight excluding hydrogens is 282 g/mol. The Hall–Kier alpha value is -0.790. The van der Waals surface area contributed by atoms with Gasteiger partial charge < -0.3 is 5.73 Å². The van der Waals surface area contributed by atoms with E-state index in [0.29, 0.717) is 0 Å². The third-order valence-corrected chi connectivity index (χ3v) is 4.60. The summed E-state index contributed by atoms with van der Waals surface area (Å²) < 4.78 is 0. The summed E-state index contributed by atoms with van der Waals surface area (Å²) in [6, 6.07) is 0. The molecule has 2 heteroatoms. The number of nitrogens with two attached hydrogens (primary N) is 1. The highest BCUT2D eigenvalue weighted by Crippen LogP contribution is 2.16. The van der Waals surface area contributed by atoms with Gasteiger partial charge in [-0.15, -0.1) is 0 Å². The molecule has 0 radical (unpaired) electrons. The van der Waals surface area contributed by atoms with Crippen LogP contribution in [0.15, 0.2) is 12.2 Å². The lowest BCUT2D eigenvalue weighted by molar-refractivity contribution is -0.122. The smallest absolute Gasteiger partial charge is 0.220 e. The molecule has 0 saturated carbocycles. The van der Waals surface area contributed by atoms with Crippen molar-refractivity contribution in [2.24, 2.45) is 11.7 Å². The van der Waals surface area contributed by atoms with Crippen molar-refractivity contribution in [1.29, 1.82) is 0 Å². The summed E-state index contributed by atoms with van der Waals surface area (Å²) >= 11 is 0. The second-order valence-electron chi connectivity index (χ2n) is 6.91. The van der Waals surface area contributed by atoms with Crippen molar-refractivity contribution in [1.82, 2.24) is 0 Å². The quantitative estimate of drug-likeness (QED) is 0.240. The van der Waals surface area contributed by atoms with Gasteiger partial charge >= 0.3 is 0 Å². The molecule has 0 saturated heterocycles. The highest BCUT2D eigenvalue weighted by Gasteiger charge is 2.12. The number of hydrogen-bond donors (Lipinski definition) is 1. The van der Waals surface area contributed by atoms with Crippen molar-refractivity contribution in [2.45, 2.75) is 110 Å². The van der Waals surface area contributed by atoms with Crippen LogP contribution in [0.25, 0.3) is 0 Å². The van der Waals surface area contributed by atoms with Gasteiger partial charge in [-0.1, -0.05) is 83.8 Å². The number of hydrogen-bond acceptors (Lipinski definition) is 1. The molecule has 2 nitrogen and oxygen atoms in total. The van der Waals surface area contributed by atoms with E-state index < -0.39 is 0 Å². The van der Waals surface area contributed by atoms with Crippen LogP contribution in [0, 0.1) is 5.92 Å². The molecule has 0 aromatic carbocycles. The van der Waals surface area contributed by atoms with E-state index >= 15 is 0 Å². The van der Waals surface area contributed by atoms with Crippen molar-refractivity contribution < 1.29 is 4.79 Å². The molecule has 23 heavy (non-hydrogen) atoms. The van der Waals surface area contributed by atoms with E-state index in [1.165, 1.54) is 70.6 Å². The van der Waals surface area contributed by atoms with Gasteiger partial charge in [0, 0.05) is 5.92 Å². The predicted octanol–water partition coefficient (Wildman–Crippen LogP) is 6.54. The summed E-state index contributed by atoms with van der Waals surface area (Å²) in [5, 5.41) is 0. The van der Waals surface area contributed by atoms with Crippen molar-refractivity contribution >= 4 is 5.91 Å². The average molecular weight is 324 g/mol. The predicted molar refractivity (Wildman–Crippen MR) is 102 cm³/mol. The third kappa shape index (κ3) is 15.9. The Balaban J connectivity index is 3.32. The topological polar surface area (TPSA) is 43.1 Å². The van der Waals surface area contributed by atoms with Crippen molar-refractivity contribution in [2.75, 3.05) is 0 Å². The van der Waals surface area contributed by atoms with E-state index in [2.05, 4.69) is 26.0 Å². The van der Waals surface area contributed by atoms with E-state index in [1.54, 1.807) is 0 Å². The number of unbranched alkanes of at least 4 members (excludes halogenated alkanes) is 10. The number of primary amides is 1. The minimum atomic E-state index is -0.107. The standard InChI is InChI=1S/C21H41NO/c1-3-5-6-7-8-9-10-11-12-13-14-15-16-17-19-20(18-4-2)21(22)23/h11-12,20H,3-10,13-19H2,1-2H3,(H2,22,23)/b12-11+. The Bertz CT molecular complexity index is 286. The van der Waals surface area contributed by atoms with Gasteiger partial charge in [-0.05, 0) is 38.5 Å². The molecule has 1 amide bonds. The number of allylic oxidation sites excluding steroid dienone is 2. The van der Waals surface area contributed by atoms with Crippen LogP contribution < -0.4 is 5.73 Å². The molecule has 136 valence electrons. The Kier molecular flexibility index (Phi) is 17.0. The van der Waals surface area contributed by atoms with Gasteiger partial charge in [0.25, 0.3) is 0 Å². The second-order valence-corrected chi connectivity index (χ2v) is 6.91. The first-order chi connectivity index (χ1) is 11.2. The summed E-state index contributed by atoms with van der Waals surface area (Å²) in [5.74, 6) is 0.00157. The first-order valence-electron chi connectivity index (χ1n) is 10.2. The minimum absolute atomic E-state index is 0.107. The fraction of sp³-hybridized carbons (Fsp3) is 0.857. The number of carbonyl (C=O) groups is 1. The van der Waals surface area contributed by atoms with Gasteiger partial charge in [-0.3, -0.25) is 4.79 Å². The van der Waals surface area contributed by atoms with Gasteiger partial charge in [0.2, 0.25) is 5.91 Å². The Morgan fingerprint density at radius 2 is 1.26 bits per heavy atom. The molecule has 0 fully saturated rings. The van der Waals surface area contributed by atoms with Gasteiger partial charge in [-0.2, -0.15) is 0 Å². The average Bonchev–Trinajstić information content (AvgIpc) is 2.54. The SMILES string of the molecule is CCCCCCCC/C=C/CCCCCCC(CCC)C(N)=O. The molecule has 1 atom stereocenters. The number of rotatable bonds is 17. The fourth-order valence-corrected chi connectivity index (χ4v) is 3.06. The molecule has 0 spiro atoms. The summed E-state index contributed by atoms with van der Waals surface area (Å²) in [4.78, 5) is 11.3. The van der Waals surface area contributed by atoms with Crippen LogP contribution in [0.3, 0.4) is 0 Å². The van der Waals surface area contributed by atoms with Crippen LogP contribution >= 0.6 is 0 Å². The first kappa shape index (κ1) is 22.2. The van der Waals surface area contributed by atoms with Crippen molar-refractivity contribution in [3.8, 4) is 0 Å². The second kappa shape index (κ2) is 17.6. The highest BCUT2D eigenvalue weighted by atomic mass is 16.1. The van der Waals surface area contributed by atoms with E-state index in [1.807, 2.05) is 0 Å². The summed E-state index contributed by atoms with van der Waals surface area (Å²) in [7, 11) is 0. The zero-order chi connectivity index (χ0) is 17.2. The zero-order valence-electron chi connectivity index (χ0n) is 15.8. The molecule has 0 bridgehead atoms. The fourth-order valence-electron chi connectivity index (χ4n) is 3.06. The summed E-state index contributed by atoms with van der Waals surface area (Å²) in [6.07, 6.45) is 23.4. The van der Waals surface area contributed by atoms with Gasteiger partial charge in [0.1, 0.15) is 0 Å². The Labute approximate surface area is 145 Å². The number of amides is 1. The van der Waals surface area contributed by atoms with Crippen LogP contribution in [0.5, 0.6) is 0 Å². The molecule has 0 heterocycles. The lowest BCUT2D eigenvalue weighted by Gasteiger charge is -2.11. The van der Waals surface area contributed by atoms with Crippen LogP contribution in [0.4, 0.5) is 0 Å². The van der Waals surface area contributed by atoms with E-state index in [9.17, 15) is 4.79 Å². The third-order valence-electron chi connectivity index (χ3n) is 4.60. The molecule has 0 aliphatic heterocycles. The van der Waals surface area contributed by atoms with Gasteiger partial charge in [0.15, 0.2) is 0 Å². The minimum Gasteiger partial charge on any atom is -0.369 e. The molecule has 0 aliphatic carbocycles.